The molecule has 3 aromatic rings. The lowest BCUT2D eigenvalue weighted by molar-refractivity contribution is -0.118. The Morgan fingerprint density at radius 3 is 2.41 bits per heavy atom. The molecule has 0 radical (unpaired) electrons. The Hall–Kier alpha value is -4.11. The number of anilines is 2. The van der Waals surface area contributed by atoms with Gasteiger partial charge in [-0.1, -0.05) is 52.3 Å². The van der Waals surface area contributed by atoms with Crippen molar-refractivity contribution < 1.29 is 23.9 Å². The summed E-state index contributed by atoms with van der Waals surface area (Å²) in [7, 11) is 1.46. The van der Waals surface area contributed by atoms with Crippen molar-refractivity contribution in [2.75, 3.05) is 24.0 Å². The number of rotatable bonds is 7. The number of hydrogen-bond acceptors (Lipinski definition) is 5. The van der Waals surface area contributed by atoms with E-state index in [2.05, 4.69) is 26.7 Å². The number of amides is 3. The van der Waals surface area contributed by atoms with Crippen molar-refractivity contribution in [1.29, 1.82) is 0 Å². The zero-order valence-electron chi connectivity index (χ0n) is 18.1. The first-order valence-electron chi connectivity index (χ1n) is 10.2. The number of hydrazine groups is 1. The number of nitrogens with zero attached hydrogens (tertiary/aromatic N) is 1. The first-order chi connectivity index (χ1) is 16.5. The first-order valence-corrected chi connectivity index (χ1v) is 11.0. The molecule has 1 aliphatic rings. The molecule has 3 amide bonds. The van der Waals surface area contributed by atoms with Gasteiger partial charge in [0, 0.05) is 15.7 Å². The van der Waals surface area contributed by atoms with Gasteiger partial charge in [0.2, 0.25) is 0 Å². The molecule has 34 heavy (non-hydrogen) atoms. The molecule has 1 aliphatic heterocycles. The summed E-state index contributed by atoms with van der Waals surface area (Å²) in [5, 5.41) is 3.92. The van der Waals surface area contributed by atoms with Crippen molar-refractivity contribution in [1.82, 2.24) is 5.43 Å². The maximum absolute atomic E-state index is 13.0. The van der Waals surface area contributed by atoms with E-state index in [1.165, 1.54) is 18.2 Å². The van der Waals surface area contributed by atoms with E-state index in [4.69, 9.17) is 9.47 Å². The van der Waals surface area contributed by atoms with Crippen LogP contribution >= 0.6 is 15.9 Å². The van der Waals surface area contributed by atoms with Gasteiger partial charge >= 0.3 is 0 Å². The van der Waals surface area contributed by atoms with Gasteiger partial charge in [0.15, 0.2) is 18.1 Å². The van der Waals surface area contributed by atoms with Crippen LogP contribution in [-0.4, -0.2) is 31.4 Å². The highest BCUT2D eigenvalue weighted by atomic mass is 79.9. The van der Waals surface area contributed by atoms with Gasteiger partial charge in [0.1, 0.15) is 5.57 Å². The van der Waals surface area contributed by atoms with Crippen molar-refractivity contribution >= 4 is 51.1 Å². The van der Waals surface area contributed by atoms with Gasteiger partial charge in [-0.2, -0.15) is 0 Å². The SMILES string of the molecule is COc1cc(Br)cc(/C=C2/C(=O)NN(c3ccccc3)C2=O)c1OCC(=O)Nc1ccccc1. The van der Waals surface area contributed by atoms with Crippen LogP contribution < -0.4 is 25.2 Å². The maximum Gasteiger partial charge on any atom is 0.282 e. The van der Waals surface area contributed by atoms with E-state index >= 15 is 0 Å². The Morgan fingerprint density at radius 2 is 1.74 bits per heavy atom. The number of hydrogen-bond donors (Lipinski definition) is 2. The number of carbonyl (C=O) groups excluding carboxylic acids is 3. The average molecular weight is 522 g/mol. The third kappa shape index (κ3) is 5.10. The van der Waals surface area contributed by atoms with Crippen molar-refractivity contribution in [2.24, 2.45) is 0 Å². The predicted molar refractivity (Wildman–Crippen MR) is 131 cm³/mol. The average Bonchev–Trinajstić information content (AvgIpc) is 3.12. The third-order valence-corrected chi connectivity index (χ3v) is 5.34. The van der Waals surface area contributed by atoms with E-state index in [0.29, 0.717) is 27.2 Å². The van der Waals surface area contributed by atoms with Crippen LogP contribution in [0.2, 0.25) is 0 Å². The summed E-state index contributed by atoms with van der Waals surface area (Å²) >= 11 is 3.40. The van der Waals surface area contributed by atoms with Gasteiger partial charge in [-0.3, -0.25) is 19.8 Å². The van der Waals surface area contributed by atoms with Crippen molar-refractivity contribution in [2.45, 2.75) is 0 Å². The lowest BCUT2D eigenvalue weighted by atomic mass is 10.1. The fourth-order valence-electron chi connectivity index (χ4n) is 3.33. The van der Waals surface area contributed by atoms with E-state index < -0.39 is 11.8 Å². The highest BCUT2D eigenvalue weighted by molar-refractivity contribution is 9.10. The van der Waals surface area contributed by atoms with Crippen molar-refractivity contribution in [3.8, 4) is 11.5 Å². The number of methoxy groups -OCH3 is 1. The van der Waals surface area contributed by atoms with Crippen LogP contribution in [0.4, 0.5) is 11.4 Å². The van der Waals surface area contributed by atoms with Gasteiger partial charge in [0.25, 0.3) is 17.7 Å². The molecule has 0 saturated carbocycles. The summed E-state index contributed by atoms with van der Waals surface area (Å²) in [6.45, 7) is -0.306. The highest BCUT2D eigenvalue weighted by Gasteiger charge is 2.34. The summed E-state index contributed by atoms with van der Waals surface area (Å²) in [5.41, 5.74) is 4.04. The molecule has 0 atom stereocenters. The molecule has 1 saturated heterocycles. The Morgan fingerprint density at radius 1 is 1.06 bits per heavy atom. The summed E-state index contributed by atoms with van der Waals surface area (Å²) in [6, 6.07) is 21.1. The number of benzene rings is 3. The smallest absolute Gasteiger partial charge is 0.282 e. The quantitative estimate of drug-likeness (QED) is 0.362. The topological polar surface area (TPSA) is 97.0 Å². The Labute approximate surface area is 204 Å². The lowest BCUT2D eigenvalue weighted by Gasteiger charge is -2.15. The molecule has 8 nitrogen and oxygen atoms in total. The zero-order valence-corrected chi connectivity index (χ0v) is 19.7. The minimum absolute atomic E-state index is 0.0809. The fourth-order valence-corrected chi connectivity index (χ4v) is 3.78. The van der Waals surface area contributed by atoms with E-state index in [0.717, 1.165) is 0 Å². The normalized spacial score (nSPS) is 14.2. The molecule has 172 valence electrons. The van der Waals surface area contributed by atoms with E-state index in [1.54, 1.807) is 60.7 Å². The second-order valence-corrected chi connectivity index (χ2v) is 8.12. The largest absolute Gasteiger partial charge is 0.493 e. The van der Waals surface area contributed by atoms with Crippen LogP contribution in [0.25, 0.3) is 6.08 Å². The second-order valence-electron chi connectivity index (χ2n) is 7.20. The van der Waals surface area contributed by atoms with Crippen LogP contribution in [0.3, 0.4) is 0 Å². The molecule has 2 N–H and O–H groups in total. The summed E-state index contributed by atoms with van der Waals surface area (Å²) in [4.78, 5) is 38.0. The fraction of sp³-hybridized carbons (Fsp3) is 0.0800. The number of carbonyl (C=O) groups is 3. The van der Waals surface area contributed by atoms with Gasteiger partial charge < -0.3 is 14.8 Å². The van der Waals surface area contributed by atoms with E-state index in [-0.39, 0.29) is 23.8 Å². The van der Waals surface area contributed by atoms with Crippen LogP contribution in [-0.2, 0) is 14.4 Å². The molecule has 0 unspecified atom stereocenters. The summed E-state index contributed by atoms with van der Waals surface area (Å²) in [6.07, 6.45) is 1.42. The summed E-state index contributed by atoms with van der Waals surface area (Å²) in [5.74, 6) is -0.886. The molecule has 0 aromatic heterocycles. The molecule has 3 aromatic carbocycles. The molecule has 1 heterocycles. The number of halogens is 1. The van der Waals surface area contributed by atoms with Gasteiger partial charge in [-0.15, -0.1) is 0 Å². The molecule has 1 fully saturated rings. The first kappa shape index (κ1) is 23.1. The number of nitrogens with one attached hydrogen (secondary N) is 2. The van der Waals surface area contributed by atoms with Crippen LogP contribution in [0.5, 0.6) is 11.5 Å². The highest BCUT2D eigenvalue weighted by Crippen LogP contribution is 2.37. The minimum Gasteiger partial charge on any atom is -0.493 e. The Bertz CT molecular complexity index is 1260. The molecule has 0 aliphatic carbocycles. The van der Waals surface area contributed by atoms with Gasteiger partial charge in [-0.05, 0) is 42.5 Å². The molecular formula is C25H20BrN3O5. The lowest BCUT2D eigenvalue weighted by Crippen LogP contribution is -2.35. The summed E-state index contributed by atoms with van der Waals surface area (Å²) < 4.78 is 11.8. The van der Waals surface area contributed by atoms with Crippen molar-refractivity contribution in [3.63, 3.8) is 0 Å². The van der Waals surface area contributed by atoms with E-state index in [1.807, 2.05) is 12.1 Å². The number of ether oxygens (including phenoxy) is 2. The monoisotopic (exact) mass is 521 g/mol. The number of para-hydroxylation sites is 2. The molecule has 0 bridgehead atoms. The van der Waals surface area contributed by atoms with Gasteiger partial charge in [0.05, 0.1) is 12.8 Å². The Kier molecular flexibility index (Phi) is 6.93. The predicted octanol–water partition coefficient (Wildman–Crippen LogP) is 3.94. The Balaban J connectivity index is 1.61. The van der Waals surface area contributed by atoms with Crippen LogP contribution in [0, 0.1) is 0 Å². The minimum atomic E-state index is -0.555. The van der Waals surface area contributed by atoms with Crippen molar-refractivity contribution in [3.05, 3.63) is 88.4 Å². The van der Waals surface area contributed by atoms with Gasteiger partial charge in [-0.25, -0.2) is 5.01 Å². The standard InChI is InChI=1S/C25H20BrN3O5/c1-33-21-14-17(26)12-16(23(21)34-15-22(30)27-18-8-4-2-5-9-18)13-20-24(31)28-29(25(20)32)19-10-6-3-7-11-19/h2-14H,15H2,1H3,(H,27,30)(H,28,31)/b20-13-. The molecular weight excluding hydrogens is 502 g/mol. The third-order valence-electron chi connectivity index (χ3n) is 4.88. The molecule has 4 rings (SSSR count). The molecule has 9 heteroatoms. The second kappa shape index (κ2) is 10.2. The van der Waals surface area contributed by atoms with Crippen LogP contribution in [0.1, 0.15) is 5.56 Å². The van der Waals surface area contributed by atoms with E-state index in [9.17, 15) is 14.4 Å². The zero-order chi connectivity index (χ0) is 24.1. The maximum atomic E-state index is 13.0. The van der Waals surface area contributed by atoms with Crippen LogP contribution in [0.15, 0.2) is 82.8 Å². The molecule has 0 spiro atoms.